The number of hydrogen-bond donors (Lipinski definition) is 2. The van der Waals surface area contributed by atoms with Gasteiger partial charge in [0.1, 0.15) is 0 Å². The molecule has 3 heteroatoms. The Morgan fingerprint density at radius 3 is 3.00 bits per heavy atom. The van der Waals surface area contributed by atoms with Crippen LogP contribution in [0.1, 0.15) is 25.7 Å². The van der Waals surface area contributed by atoms with Crippen molar-refractivity contribution in [3.63, 3.8) is 0 Å². The van der Waals surface area contributed by atoms with E-state index < -0.39 is 0 Å². The van der Waals surface area contributed by atoms with E-state index in [0.717, 1.165) is 12.5 Å². The van der Waals surface area contributed by atoms with Gasteiger partial charge in [0.05, 0.1) is 0 Å². The molecule has 0 aromatic heterocycles. The lowest BCUT2D eigenvalue weighted by atomic mass is 9.68. The second kappa shape index (κ2) is 3.95. The lowest BCUT2D eigenvalue weighted by Gasteiger charge is -2.44. The van der Waals surface area contributed by atoms with Crippen LogP contribution >= 0.6 is 12.4 Å². The molecule has 1 saturated carbocycles. The van der Waals surface area contributed by atoms with Gasteiger partial charge in [0.15, 0.2) is 0 Å². The van der Waals surface area contributed by atoms with E-state index in [9.17, 15) is 5.11 Å². The van der Waals surface area contributed by atoms with E-state index in [1.165, 1.54) is 32.2 Å². The third-order valence-electron chi connectivity index (χ3n) is 3.31. The third-order valence-corrected chi connectivity index (χ3v) is 3.31. The molecule has 2 fully saturated rings. The first kappa shape index (κ1) is 10.3. The summed E-state index contributed by atoms with van der Waals surface area (Å²) >= 11 is 0. The highest BCUT2D eigenvalue weighted by Crippen LogP contribution is 2.40. The highest BCUT2D eigenvalue weighted by molar-refractivity contribution is 5.85. The molecule has 2 atom stereocenters. The number of rotatable bonds is 1. The van der Waals surface area contributed by atoms with Crippen LogP contribution in [0.3, 0.4) is 0 Å². The monoisotopic (exact) mass is 191 g/mol. The van der Waals surface area contributed by atoms with Crippen molar-refractivity contribution in [3.05, 3.63) is 0 Å². The van der Waals surface area contributed by atoms with Crippen LogP contribution in [0.5, 0.6) is 0 Å². The van der Waals surface area contributed by atoms with Crippen LogP contribution in [0.25, 0.3) is 0 Å². The molecule has 1 aliphatic carbocycles. The molecule has 0 aromatic rings. The fourth-order valence-corrected chi connectivity index (χ4v) is 2.66. The zero-order valence-corrected chi connectivity index (χ0v) is 8.20. The van der Waals surface area contributed by atoms with Crippen molar-refractivity contribution in [2.45, 2.75) is 25.7 Å². The molecule has 2 bridgehead atoms. The van der Waals surface area contributed by atoms with Gasteiger partial charge < -0.3 is 10.4 Å². The van der Waals surface area contributed by atoms with Gasteiger partial charge in [0.2, 0.25) is 0 Å². The van der Waals surface area contributed by atoms with Gasteiger partial charge in [-0.15, -0.1) is 12.4 Å². The normalized spacial score (nSPS) is 40.2. The summed E-state index contributed by atoms with van der Waals surface area (Å²) in [5, 5.41) is 12.7. The van der Waals surface area contributed by atoms with Crippen molar-refractivity contribution >= 4 is 12.4 Å². The average Bonchev–Trinajstić information content (AvgIpc) is 2.05. The number of fused-ring (bicyclic) bond motifs is 2. The van der Waals surface area contributed by atoms with Crippen molar-refractivity contribution in [1.29, 1.82) is 0 Å². The topological polar surface area (TPSA) is 32.3 Å². The summed E-state index contributed by atoms with van der Waals surface area (Å²) < 4.78 is 0. The van der Waals surface area contributed by atoms with Crippen molar-refractivity contribution in [2.75, 3.05) is 19.7 Å². The van der Waals surface area contributed by atoms with Gasteiger partial charge >= 0.3 is 0 Å². The highest BCUT2D eigenvalue weighted by atomic mass is 35.5. The summed E-state index contributed by atoms with van der Waals surface area (Å²) in [5.74, 6) is 0.852. The Labute approximate surface area is 80.1 Å². The maximum atomic E-state index is 9.25. The molecule has 2 unspecified atom stereocenters. The zero-order valence-electron chi connectivity index (χ0n) is 7.38. The molecule has 1 heterocycles. The van der Waals surface area contributed by atoms with Crippen molar-refractivity contribution in [2.24, 2.45) is 11.3 Å². The molecular weight excluding hydrogens is 174 g/mol. The summed E-state index contributed by atoms with van der Waals surface area (Å²) in [6.45, 7) is 2.61. The number of halogens is 1. The molecule has 1 aliphatic heterocycles. The Morgan fingerprint density at radius 2 is 2.33 bits per heavy atom. The van der Waals surface area contributed by atoms with Crippen LogP contribution in [0.4, 0.5) is 0 Å². The van der Waals surface area contributed by atoms with E-state index in [0.29, 0.717) is 6.61 Å². The number of nitrogens with one attached hydrogen (secondary N) is 1. The van der Waals surface area contributed by atoms with Crippen molar-refractivity contribution in [1.82, 2.24) is 5.32 Å². The molecule has 2 aliphatic rings. The van der Waals surface area contributed by atoms with E-state index in [1.54, 1.807) is 0 Å². The number of aliphatic hydroxyl groups is 1. The predicted molar refractivity (Wildman–Crippen MR) is 51.6 cm³/mol. The highest BCUT2D eigenvalue weighted by Gasteiger charge is 2.38. The Hall–Kier alpha value is 0.210. The van der Waals surface area contributed by atoms with Gasteiger partial charge in [-0.05, 0) is 31.7 Å². The van der Waals surface area contributed by atoms with Crippen LogP contribution in [0.2, 0.25) is 0 Å². The van der Waals surface area contributed by atoms with Crippen LogP contribution < -0.4 is 5.32 Å². The molecular formula is C9H18ClNO. The summed E-state index contributed by atoms with van der Waals surface area (Å²) in [6.07, 6.45) is 5.19. The van der Waals surface area contributed by atoms with E-state index in [4.69, 9.17) is 0 Å². The Kier molecular flexibility index (Phi) is 3.38. The largest absolute Gasteiger partial charge is 0.396 e. The van der Waals surface area contributed by atoms with Crippen molar-refractivity contribution in [3.8, 4) is 0 Å². The minimum absolute atomic E-state index is 0. The van der Waals surface area contributed by atoms with Gasteiger partial charge in [-0.3, -0.25) is 0 Å². The molecule has 72 valence electrons. The second-order valence-electron chi connectivity index (χ2n) is 4.25. The zero-order chi connectivity index (χ0) is 7.73. The van der Waals surface area contributed by atoms with Gasteiger partial charge in [0.25, 0.3) is 0 Å². The van der Waals surface area contributed by atoms with Gasteiger partial charge in [-0.25, -0.2) is 0 Å². The standard InChI is InChI=1S/C9H17NO.ClH/c11-7-9-3-1-2-8(4-9)5-10-6-9;/h8,10-11H,1-7H2;1H. The molecule has 0 radical (unpaired) electrons. The van der Waals surface area contributed by atoms with Crippen LogP contribution in [0.15, 0.2) is 0 Å². The molecule has 1 saturated heterocycles. The van der Waals surface area contributed by atoms with Gasteiger partial charge in [-0.2, -0.15) is 0 Å². The number of aliphatic hydroxyl groups excluding tert-OH is 1. The Balaban J connectivity index is 0.000000720. The predicted octanol–water partition coefficient (Wildman–Crippen LogP) is 1.18. The average molecular weight is 192 g/mol. The number of piperidine rings is 1. The molecule has 0 amide bonds. The maximum absolute atomic E-state index is 9.25. The van der Waals surface area contributed by atoms with E-state index in [1.807, 2.05) is 0 Å². The molecule has 2 rings (SSSR count). The maximum Gasteiger partial charge on any atom is 0.0499 e. The Bertz CT molecular complexity index is 141. The quantitative estimate of drug-likeness (QED) is 0.653. The molecule has 12 heavy (non-hydrogen) atoms. The molecule has 2 N–H and O–H groups in total. The second-order valence-corrected chi connectivity index (χ2v) is 4.25. The van der Waals surface area contributed by atoms with E-state index in [-0.39, 0.29) is 17.8 Å². The van der Waals surface area contributed by atoms with E-state index >= 15 is 0 Å². The lowest BCUT2D eigenvalue weighted by molar-refractivity contribution is 0.0319. The first-order chi connectivity index (χ1) is 5.35. The van der Waals surface area contributed by atoms with Crippen LogP contribution in [-0.4, -0.2) is 24.8 Å². The third kappa shape index (κ3) is 1.76. The summed E-state index contributed by atoms with van der Waals surface area (Å²) in [5.41, 5.74) is 0.265. The molecule has 2 nitrogen and oxygen atoms in total. The first-order valence-electron chi connectivity index (χ1n) is 4.66. The molecule has 0 spiro atoms. The molecule has 0 aromatic carbocycles. The minimum atomic E-state index is 0. The SMILES string of the molecule is Cl.OCC12CCCC(CNC1)C2. The van der Waals surface area contributed by atoms with Gasteiger partial charge in [0, 0.05) is 18.6 Å². The van der Waals surface area contributed by atoms with Crippen molar-refractivity contribution < 1.29 is 5.11 Å². The lowest BCUT2D eigenvalue weighted by Crippen LogP contribution is -2.48. The fourth-order valence-electron chi connectivity index (χ4n) is 2.66. The summed E-state index contributed by atoms with van der Waals surface area (Å²) in [4.78, 5) is 0. The van der Waals surface area contributed by atoms with Crippen LogP contribution in [-0.2, 0) is 0 Å². The Morgan fingerprint density at radius 1 is 1.50 bits per heavy atom. The van der Waals surface area contributed by atoms with Gasteiger partial charge in [-0.1, -0.05) is 6.42 Å². The number of hydrogen-bond acceptors (Lipinski definition) is 2. The first-order valence-corrected chi connectivity index (χ1v) is 4.66. The van der Waals surface area contributed by atoms with E-state index in [2.05, 4.69) is 5.32 Å². The summed E-state index contributed by atoms with van der Waals surface area (Å²) in [7, 11) is 0. The van der Waals surface area contributed by atoms with Crippen LogP contribution in [0, 0.1) is 11.3 Å². The smallest absolute Gasteiger partial charge is 0.0499 e. The fraction of sp³-hybridized carbons (Fsp3) is 1.00. The minimum Gasteiger partial charge on any atom is -0.396 e. The summed E-state index contributed by atoms with van der Waals surface area (Å²) in [6, 6.07) is 0.